The quantitative estimate of drug-likeness (QED) is 0.707. The van der Waals surface area contributed by atoms with E-state index in [1.54, 1.807) is 29.2 Å². The Morgan fingerprint density at radius 2 is 1.69 bits per heavy atom. The number of nitrogens with one attached hydrogen (secondary N) is 1. The molecule has 0 unspecified atom stereocenters. The highest BCUT2D eigenvalue weighted by Crippen LogP contribution is 2.29. The molecule has 1 saturated carbocycles. The maximum absolute atomic E-state index is 12.6. The minimum atomic E-state index is -4.45. The van der Waals surface area contributed by atoms with Gasteiger partial charge in [0.2, 0.25) is 5.91 Å². The van der Waals surface area contributed by atoms with Gasteiger partial charge in [0.15, 0.2) is 0 Å². The van der Waals surface area contributed by atoms with Crippen LogP contribution in [0.5, 0.6) is 0 Å². The second-order valence-corrected chi connectivity index (χ2v) is 6.94. The van der Waals surface area contributed by atoms with Gasteiger partial charge in [-0.25, -0.2) is 0 Å². The highest BCUT2D eigenvalue weighted by atomic mass is 19.4. The zero-order chi connectivity index (χ0) is 20.9. The number of halogens is 3. The zero-order valence-electron chi connectivity index (χ0n) is 15.7. The van der Waals surface area contributed by atoms with E-state index in [1.165, 1.54) is 12.1 Å². The van der Waals surface area contributed by atoms with Crippen molar-refractivity contribution in [1.29, 1.82) is 0 Å². The molecular weight excluding hydrogens is 381 g/mol. The van der Waals surface area contributed by atoms with Crippen LogP contribution < -0.4 is 5.32 Å². The van der Waals surface area contributed by atoms with Gasteiger partial charge in [0, 0.05) is 24.2 Å². The Labute approximate surface area is 167 Å². The molecule has 2 aromatic rings. The number of carbonyl (C=O) groups is 2. The Morgan fingerprint density at radius 3 is 2.28 bits per heavy atom. The first-order valence-electron chi connectivity index (χ1n) is 9.29. The Kier molecular flexibility index (Phi) is 6.36. The molecule has 0 aromatic heterocycles. The van der Waals surface area contributed by atoms with Gasteiger partial charge in [-0.15, -0.1) is 0 Å². The van der Waals surface area contributed by atoms with Crippen molar-refractivity contribution in [3.05, 3.63) is 77.4 Å². The summed E-state index contributed by atoms with van der Waals surface area (Å²) in [6.45, 7) is -0.988. The molecule has 0 bridgehead atoms. The van der Waals surface area contributed by atoms with Crippen molar-refractivity contribution in [1.82, 2.24) is 10.2 Å². The van der Waals surface area contributed by atoms with Gasteiger partial charge >= 0.3 is 6.18 Å². The van der Waals surface area contributed by atoms with Crippen LogP contribution in [0, 0.1) is 0 Å². The van der Waals surface area contributed by atoms with Crippen LogP contribution >= 0.6 is 0 Å². The summed E-state index contributed by atoms with van der Waals surface area (Å²) in [7, 11) is 0. The molecule has 1 aliphatic carbocycles. The van der Waals surface area contributed by atoms with Gasteiger partial charge in [-0.05, 0) is 42.2 Å². The van der Waals surface area contributed by atoms with Crippen molar-refractivity contribution >= 4 is 17.9 Å². The number of hydrogen-bond donors (Lipinski definition) is 1. The Balaban J connectivity index is 1.61. The predicted octanol–water partition coefficient (Wildman–Crippen LogP) is 4.18. The summed E-state index contributed by atoms with van der Waals surface area (Å²) < 4.78 is 36.6. The molecule has 4 nitrogen and oxygen atoms in total. The largest absolute Gasteiger partial charge is 0.405 e. The monoisotopic (exact) mass is 402 g/mol. The van der Waals surface area contributed by atoms with E-state index in [0.717, 1.165) is 24.0 Å². The zero-order valence-corrected chi connectivity index (χ0v) is 15.7. The second kappa shape index (κ2) is 8.94. The molecule has 1 fully saturated rings. The van der Waals surface area contributed by atoms with E-state index in [4.69, 9.17) is 0 Å². The summed E-state index contributed by atoms with van der Waals surface area (Å²) >= 11 is 0. The van der Waals surface area contributed by atoms with Crippen molar-refractivity contribution in [2.45, 2.75) is 31.6 Å². The molecule has 0 saturated heterocycles. The second-order valence-electron chi connectivity index (χ2n) is 6.94. The van der Waals surface area contributed by atoms with Crippen LogP contribution in [-0.4, -0.2) is 35.5 Å². The predicted molar refractivity (Wildman–Crippen MR) is 104 cm³/mol. The standard InChI is InChI=1S/C22H21F3N2O2/c23-22(24,25)15-26-21(29)18-9-6-17(7-10-18)14-27(19-11-12-19)20(28)13-8-16-4-2-1-3-5-16/h1-10,13,19H,11-12,14-15H2,(H,26,29)/b13-8+. The van der Waals surface area contributed by atoms with Crippen LogP contribution in [0.1, 0.15) is 34.3 Å². The SMILES string of the molecule is O=C(NCC(F)(F)F)c1ccc(CN(C(=O)/C=C/c2ccccc2)C2CC2)cc1. The third kappa shape index (κ3) is 6.48. The lowest BCUT2D eigenvalue weighted by atomic mass is 10.1. The molecule has 152 valence electrons. The lowest BCUT2D eigenvalue weighted by Crippen LogP contribution is -2.33. The maximum atomic E-state index is 12.6. The smallest absolute Gasteiger partial charge is 0.343 e. The van der Waals surface area contributed by atoms with E-state index in [2.05, 4.69) is 0 Å². The van der Waals surface area contributed by atoms with Gasteiger partial charge in [-0.1, -0.05) is 42.5 Å². The molecule has 3 rings (SSSR count). The first-order valence-corrected chi connectivity index (χ1v) is 9.29. The highest BCUT2D eigenvalue weighted by Gasteiger charge is 2.31. The lowest BCUT2D eigenvalue weighted by Gasteiger charge is -2.21. The van der Waals surface area contributed by atoms with E-state index < -0.39 is 18.6 Å². The van der Waals surface area contributed by atoms with Crippen molar-refractivity contribution in [2.24, 2.45) is 0 Å². The van der Waals surface area contributed by atoms with Crippen LogP contribution in [0.2, 0.25) is 0 Å². The maximum Gasteiger partial charge on any atom is 0.405 e. The van der Waals surface area contributed by atoms with Crippen LogP contribution in [0.15, 0.2) is 60.7 Å². The minimum Gasteiger partial charge on any atom is -0.343 e. The van der Waals surface area contributed by atoms with E-state index in [0.29, 0.717) is 6.54 Å². The average molecular weight is 402 g/mol. The van der Waals surface area contributed by atoms with Crippen molar-refractivity contribution < 1.29 is 22.8 Å². The first kappa shape index (κ1) is 20.6. The van der Waals surface area contributed by atoms with Crippen molar-refractivity contribution in [2.75, 3.05) is 6.54 Å². The van der Waals surface area contributed by atoms with Gasteiger partial charge in [0.25, 0.3) is 5.91 Å². The van der Waals surface area contributed by atoms with E-state index in [1.807, 2.05) is 35.6 Å². The van der Waals surface area contributed by atoms with Crippen LogP contribution in [0.3, 0.4) is 0 Å². The molecule has 2 aromatic carbocycles. The van der Waals surface area contributed by atoms with Crippen molar-refractivity contribution in [3.63, 3.8) is 0 Å². The Morgan fingerprint density at radius 1 is 1.03 bits per heavy atom. The fourth-order valence-corrected chi connectivity index (χ4v) is 2.84. The minimum absolute atomic E-state index is 0.0941. The summed E-state index contributed by atoms with van der Waals surface area (Å²) in [5.74, 6) is -0.877. The van der Waals surface area contributed by atoms with Crippen molar-refractivity contribution in [3.8, 4) is 0 Å². The van der Waals surface area contributed by atoms with Crippen LogP contribution in [-0.2, 0) is 11.3 Å². The summed E-state index contributed by atoms with van der Waals surface area (Å²) in [5, 5.41) is 1.84. The number of hydrogen-bond acceptors (Lipinski definition) is 2. The molecule has 0 heterocycles. The number of amides is 2. The van der Waals surface area contributed by atoms with Gasteiger partial charge in [-0.2, -0.15) is 13.2 Å². The Bertz CT molecular complexity index is 873. The van der Waals surface area contributed by atoms with Gasteiger partial charge in [-0.3, -0.25) is 9.59 Å². The highest BCUT2D eigenvalue weighted by molar-refractivity contribution is 5.94. The number of alkyl halides is 3. The molecule has 2 amide bonds. The van der Waals surface area contributed by atoms with Gasteiger partial charge in [0.1, 0.15) is 6.54 Å². The molecule has 0 spiro atoms. The molecule has 1 aliphatic rings. The Hall–Kier alpha value is -3.09. The van der Waals surface area contributed by atoms with E-state index in [9.17, 15) is 22.8 Å². The van der Waals surface area contributed by atoms with Gasteiger partial charge in [0.05, 0.1) is 0 Å². The van der Waals surface area contributed by atoms with Crippen LogP contribution in [0.25, 0.3) is 6.08 Å². The molecule has 29 heavy (non-hydrogen) atoms. The molecule has 0 aliphatic heterocycles. The van der Waals surface area contributed by atoms with Crippen LogP contribution in [0.4, 0.5) is 13.2 Å². The summed E-state index contributed by atoms with van der Waals surface area (Å²) in [6, 6.07) is 16.0. The number of nitrogens with zero attached hydrogens (tertiary/aromatic N) is 1. The number of benzene rings is 2. The fourth-order valence-electron chi connectivity index (χ4n) is 2.84. The molecule has 0 atom stereocenters. The fraction of sp³-hybridized carbons (Fsp3) is 0.273. The molecule has 1 N–H and O–H groups in total. The third-order valence-corrected chi connectivity index (χ3v) is 4.51. The number of carbonyl (C=O) groups excluding carboxylic acids is 2. The number of rotatable bonds is 7. The average Bonchev–Trinajstić information content (AvgIpc) is 3.54. The summed E-state index contributed by atoms with van der Waals surface area (Å²) in [4.78, 5) is 26.2. The third-order valence-electron chi connectivity index (χ3n) is 4.51. The van der Waals surface area contributed by atoms with E-state index in [-0.39, 0.29) is 17.5 Å². The molecule has 7 heteroatoms. The normalized spacial score (nSPS) is 14.0. The first-order chi connectivity index (χ1) is 13.8. The topological polar surface area (TPSA) is 49.4 Å². The summed E-state index contributed by atoms with van der Waals surface area (Å²) in [6.07, 6.45) is 0.762. The van der Waals surface area contributed by atoms with Gasteiger partial charge < -0.3 is 10.2 Å². The molecular formula is C22H21F3N2O2. The molecule has 0 radical (unpaired) electrons. The van der Waals surface area contributed by atoms with E-state index >= 15 is 0 Å². The summed E-state index contributed by atoms with van der Waals surface area (Å²) in [5.41, 5.74) is 1.89. The lowest BCUT2D eigenvalue weighted by molar-refractivity contribution is -0.127.